The van der Waals surface area contributed by atoms with Crippen LogP contribution in [0.3, 0.4) is 0 Å². The lowest BCUT2D eigenvalue weighted by atomic mass is 10.2. The van der Waals surface area contributed by atoms with Gasteiger partial charge < -0.3 is 10.6 Å². The third kappa shape index (κ3) is 6.51. The molecule has 0 aliphatic heterocycles. The van der Waals surface area contributed by atoms with Crippen molar-refractivity contribution >= 4 is 35.3 Å². The molecule has 6 heteroatoms. The molecule has 3 rings (SSSR count). The van der Waals surface area contributed by atoms with Gasteiger partial charge in [-0.2, -0.15) is 0 Å². The minimum Gasteiger partial charge on any atom is -0.354 e. The molecule has 0 aliphatic carbocycles. The third-order valence-corrected chi connectivity index (χ3v) is 6.69. The number of hydrogen-bond acceptors (Lipinski definition) is 4. The molecule has 0 radical (unpaired) electrons. The van der Waals surface area contributed by atoms with Crippen LogP contribution in [0.4, 0.5) is 0 Å². The maximum atomic E-state index is 12.8. The number of carbonyl (C=O) groups excluding carboxylic acids is 2. The molecule has 3 aromatic carbocycles. The number of carbonyl (C=O) groups is 2. The smallest absolute Gasteiger partial charge is 0.269 e. The second-order valence-corrected chi connectivity index (χ2v) is 9.32. The molecule has 0 bridgehead atoms. The highest BCUT2D eigenvalue weighted by atomic mass is 32.2. The van der Waals surface area contributed by atoms with E-state index in [-0.39, 0.29) is 17.5 Å². The van der Waals surface area contributed by atoms with Crippen molar-refractivity contribution in [2.75, 3.05) is 7.05 Å². The Kier molecular flexibility index (Phi) is 7.98. The van der Waals surface area contributed by atoms with E-state index in [1.54, 1.807) is 31.3 Å². The zero-order valence-corrected chi connectivity index (χ0v) is 19.3. The summed E-state index contributed by atoms with van der Waals surface area (Å²) in [5, 5.41) is 5.49. The van der Waals surface area contributed by atoms with Gasteiger partial charge in [-0.05, 0) is 50.2 Å². The molecule has 0 aromatic heterocycles. The summed E-state index contributed by atoms with van der Waals surface area (Å²) in [7, 11) is 1.56. The molecule has 0 atom stereocenters. The van der Waals surface area contributed by atoms with E-state index in [1.165, 1.54) is 23.5 Å². The normalized spacial score (nSPS) is 10.3. The van der Waals surface area contributed by atoms with Gasteiger partial charge in [-0.25, -0.2) is 0 Å². The van der Waals surface area contributed by atoms with Crippen molar-refractivity contribution in [2.24, 2.45) is 0 Å². The maximum Gasteiger partial charge on any atom is 0.269 e. The first-order chi connectivity index (χ1) is 15.0. The number of rotatable bonds is 7. The number of thioether (sulfide) groups is 2. The molecule has 31 heavy (non-hydrogen) atoms. The molecule has 0 heterocycles. The van der Waals surface area contributed by atoms with Crippen molar-refractivity contribution in [1.82, 2.24) is 10.6 Å². The number of amides is 2. The first kappa shape index (κ1) is 22.7. The molecule has 0 unspecified atom stereocenters. The standard InChI is InChI=1S/C25H24N2O2S2/c1-17-9-13-20(14-10-17)30-25(31-21-15-11-18(2)12-16-21)22(24(29)26-3)27-23(28)19-7-5-4-6-8-19/h4-16H,1-3H3,(H,26,29)(H,27,28). The second kappa shape index (κ2) is 10.9. The van der Waals surface area contributed by atoms with Gasteiger partial charge in [0.2, 0.25) is 0 Å². The van der Waals surface area contributed by atoms with Crippen LogP contribution in [0.2, 0.25) is 0 Å². The summed E-state index contributed by atoms with van der Waals surface area (Å²) in [4.78, 5) is 27.6. The van der Waals surface area contributed by atoms with E-state index in [4.69, 9.17) is 0 Å². The highest BCUT2D eigenvalue weighted by molar-refractivity contribution is 8.22. The van der Waals surface area contributed by atoms with Crippen molar-refractivity contribution in [3.63, 3.8) is 0 Å². The SMILES string of the molecule is CNC(=O)C(NC(=O)c1ccccc1)=C(Sc1ccc(C)cc1)Sc1ccc(C)cc1. The lowest BCUT2D eigenvalue weighted by molar-refractivity contribution is -0.117. The van der Waals surface area contributed by atoms with Gasteiger partial charge in [0, 0.05) is 22.4 Å². The van der Waals surface area contributed by atoms with Crippen molar-refractivity contribution in [1.29, 1.82) is 0 Å². The van der Waals surface area contributed by atoms with Gasteiger partial charge in [0.25, 0.3) is 11.8 Å². The second-order valence-electron chi connectivity index (χ2n) is 6.89. The number of nitrogens with one attached hydrogen (secondary N) is 2. The summed E-state index contributed by atoms with van der Waals surface area (Å²) in [6.07, 6.45) is 0. The topological polar surface area (TPSA) is 58.2 Å². The summed E-state index contributed by atoms with van der Waals surface area (Å²) in [6, 6.07) is 25.0. The fraction of sp³-hybridized carbons (Fsp3) is 0.120. The van der Waals surface area contributed by atoms with Gasteiger partial charge in [-0.1, -0.05) is 77.1 Å². The van der Waals surface area contributed by atoms with Gasteiger partial charge in [0.15, 0.2) is 0 Å². The van der Waals surface area contributed by atoms with Crippen LogP contribution in [-0.4, -0.2) is 18.9 Å². The number of likely N-dealkylation sites (N-methyl/N-ethyl adjacent to an activating group) is 1. The van der Waals surface area contributed by atoms with Gasteiger partial charge >= 0.3 is 0 Å². The highest BCUT2D eigenvalue weighted by Gasteiger charge is 2.20. The predicted molar refractivity (Wildman–Crippen MR) is 129 cm³/mol. The van der Waals surface area contributed by atoms with E-state index >= 15 is 0 Å². The zero-order valence-electron chi connectivity index (χ0n) is 17.6. The number of aryl methyl sites for hydroxylation is 2. The Morgan fingerprint density at radius 2 is 1.19 bits per heavy atom. The van der Waals surface area contributed by atoms with Crippen LogP contribution >= 0.6 is 23.5 Å². The van der Waals surface area contributed by atoms with Gasteiger partial charge in [0.05, 0.1) is 4.24 Å². The van der Waals surface area contributed by atoms with Crippen LogP contribution in [0.25, 0.3) is 0 Å². The van der Waals surface area contributed by atoms with Crippen LogP contribution in [0.5, 0.6) is 0 Å². The average molecular weight is 449 g/mol. The predicted octanol–water partition coefficient (Wildman–Crippen LogP) is 5.53. The van der Waals surface area contributed by atoms with Gasteiger partial charge in [-0.3, -0.25) is 9.59 Å². The maximum absolute atomic E-state index is 12.8. The highest BCUT2D eigenvalue weighted by Crippen LogP contribution is 2.41. The molecule has 0 spiro atoms. The summed E-state index contributed by atoms with van der Waals surface area (Å²) >= 11 is 2.90. The summed E-state index contributed by atoms with van der Waals surface area (Å²) in [6.45, 7) is 4.06. The molecular formula is C25H24N2O2S2. The van der Waals surface area contributed by atoms with Crippen molar-refractivity contribution in [2.45, 2.75) is 23.6 Å². The molecule has 158 valence electrons. The Hall–Kier alpha value is -2.96. The molecule has 4 nitrogen and oxygen atoms in total. The molecular weight excluding hydrogens is 424 g/mol. The van der Waals surface area contributed by atoms with Crippen LogP contribution < -0.4 is 10.6 Å². The van der Waals surface area contributed by atoms with Crippen LogP contribution in [0.15, 0.2) is 98.6 Å². The molecule has 0 fully saturated rings. The third-order valence-electron chi connectivity index (χ3n) is 4.40. The fourth-order valence-corrected chi connectivity index (χ4v) is 4.86. The van der Waals surface area contributed by atoms with Crippen LogP contribution in [0.1, 0.15) is 21.5 Å². The summed E-state index contributed by atoms with van der Waals surface area (Å²) < 4.78 is 0.691. The molecule has 2 N–H and O–H groups in total. The lowest BCUT2D eigenvalue weighted by Gasteiger charge is -2.15. The minimum atomic E-state index is -0.349. The molecule has 0 saturated heterocycles. The monoisotopic (exact) mass is 448 g/mol. The summed E-state index contributed by atoms with van der Waals surface area (Å²) in [5.41, 5.74) is 3.03. The van der Waals surface area contributed by atoms with Crippen LogP contribution in [0, 0.1) is 13.8 Å². The lowest BCUT2D eigenvalue weighted by Crippen LogP contribution is -2.33. The number of benzene rings is 3. The Bertz CT molecular complexity index is 1030. The van der Waals surface area contributed by atoms with E-state index in [0.717, 1.165) is 20.9 Å². The minimum absolute atomic E-state index is 0.229. The van der Waals surface area contributed by atoms with E-state index in [2.05, 4.69) is 10.6 Å². The Morgan fingerprint density at radius 3 is 1.65 bits per heavy atom. The van der Waals surface area contributed by atoms with E-state index < -0.39 is 0 Å². The Morgan fingerprint density at radius 1 is 0.710 bits per heavy atom. The Balaban J connectivity index is 2.01. The first-order valence-corrected chi connectivity index (χ1v) is 11.4. The van der Waals surface area contributed by atoms with Crippen LogP contribution in [-0.2, 0) is 4.79 Å². The Labute approximate surface area is 191 Å². The van der Waals surface area contributed by atoms with Gasteiger partial charge in [0.1, 0.15) is 5.70 Å². The molecule has 3 aromatic rings. The largest absolute Gasteiger partial charge is 0.354 e. The quantitative estimate of drug-likeness (QED) is 0.368. The fourth-order valence-electron chi connectivity index (χ4n) is 2.65. The zero-order chi connectivity index (χ0) is 22.2. The van der Waals surface area contributed by atoms with Crippen molar-refractivity contribution in [3.05, 3.63) is 105 Å². The van der Waals surface area contributed by atoms with E-state index in [0.29, 0.717) is 9.80 Å². The molecule has 2 amide bonds. The van der Waals surface area contributed by atoms with Gasteiger partial charge in [-0.15, -0.1) is 0 Å². The van der Waals surface area contributed by atoms with E-state index in [1.807, 2.05) is 68.4 Å². The average Bonchev–Trinajstić information content (AvgIpc) is 2.80. The van der Waals surface area contributed by atoms with Crippen molar-refractivity contribution < 1.29 is 9.59 Å². The first-order valence-electron chi connectivity index (χ1n) is 9.78. The summed E-state index contributed by atoms with van der Waals surface area (Å²) in [5.74, 6) is -0.677. The molecule has 0 aliphatic rings. The van der Waals surface area contributed by atoms with Crippen molar-refractivity contribution in [3.8, 4) is 0 Å². The molecule has 0 saturated carbocycles. The number of hydrogen-bond donors (Lipinski definition) is 2. The van der Waals surface area contributed by atoms with E-state index in [9.17, 15) is 9.59 Å².